The van der Waals surface area contributed by atoms with Crippen LogP contribution < -0.4 is 0 Å². The van der Waals surface area contributed by atoms with Crippen molar-refractivity contribution in [2.45, 2.75) is 37.7 Å². The van der Waals surface area contributed by atoms with Gasteiger partial charge in [0.25, 0.3) is 0 Å². The van der Waals surface area contributed by atoms with Crippen molar-refractivity contribution >= 4 is 17.7 Å². The number of hydrogen-bond acceptors (Lipinski definition) is 2. The summed E-state index contributed by atoms with van der Waals surface area (Å²) >= 11 is 6.33. The average molecular weight is 402 g/mol. The largest absolute Gasteiger partial charge is 0.385 e. The molecule has 1 aliphatic carbocycles. The predicted molar refractivity (Wildman–Crippen MR) is 115 cm³/mol. The molecule has 1 saturated carbocycles. The summed E-state index contributed by atoms with van der Waals surface area (Å²) in [6, 6.07) is 14.8. The SMILES string of the molecule is CN(C)CC1CCCC/C(=C/c2ccccc2)C1(O)Cc1c(F)cccc1Cl. The first-order valence-electron chi connectivity index (χ1n) is 9.96. The number of benzene rings is 2. The molecule has 150 valence electrons. The molecule has 3 rings (SSSR count). The Morgan fingerprint density at radius 2 is 1.89 bits per heavy atom. The van der Waals surface area contributed by atoms with Crippen LogP contribution in [-0.4, -0.2) is 36.2 Å². The van der Waals surface area contributed by atoms with E-state index in [9.17, 15) is 9.50 Å². The summed E-state index contributed by atoms with van der Waals surface area (Å²) in [5.41, 5.74) is 1.29. The predicted octanol–water partition coefficient (Wildman–Crippen LogP) is 5.59. The molecule has 1 aliphatic rings. The first-order valence-corrected chi connectivity index (χ1v) is 10.3. The van der Waals surface area contributed by atoms with E-state index in [4.69, 9.17) is 11.6 Å². The lowest BCUT2D eigenvalue weighted by molar-refractivity contribution is 0.00455. The summed E-state index contributed by atoms with van der Waals surface area (Å²) in [6.07, 6.45) is 6.07. The van der Waals surface area contributed by atoms with Gasteiger partial charge in [0.15, 0.2) is 0 Å². The maximum absolute atomic E-state index is 14.6. The fraction of sp³-hybridized carbons (Fsp3) is 0.417. The number of hydrogen-bond donors (Lipinski definition) is 1. The fourth-order valence-corrected chi connectivity index (χ4v) is 4.51. The second kappa shape index (κ2) is 9.21. The second-order valence-corrected chi connectivity index (χ2v) is 8.49. The summed E-state index contributed by atoms with van der Waals surface area (Å²) in [5.74, 6) is -0.344. The molecule has 0 radical (unpaired) electrons. The molecule has 2 aromatic carbocycles. The van der Waals surface area contributed by atoms with E-state index in [0.29, 0.717) is 10.6 Å². The lowest BCUT2D eigenvalue weighted by Gasteiger charge is -2.39. The van der Waals surface area contributed by atoms with Crippen LogP contribution in [0, 0.1) is 11.7 Å². The molecule has 0 heterocycles. The third kappa shape index (κ3) is 4.83. The van der Waals surface area contributed by atoms with Gasteiger partial charge in [-0.25, -0.2) is 4.39 Å². The third-order valence-corrected chi connectivity index (χ3v) is 6.07. The van der Waals surface area contributed by atoms with Gasteiger partial charge in [0.2, 0.25) is 0 Å². The molecule has 1 N–H and O–H groups in total. The van der Waals surface area contributed by atoms with Crippen molar-refractivity contribution in [1.29, 1.82) is 0 Å². The van der Waals surface area contributed by atoms with E-state index in [0.717, 1.165) is 43.4 Å². The van der Waals surface area contributed by atoms with Crippen LogP contribution >= 0.6 is 11.6 Å². The van der Waals surface area contributed by atoms with E-state index in [1.165, 1.54) is 6.07 Å². The second-order valence-electron chi connectivity index (χ2n) is 8.09. The highest BCUT2D eigenvalue weighted by atomic mass is 35.5. The molecule has 28 heavy (non-hydrogen) atoms. The van der Waals surface area contributed by atoms with Crippen LogP contribution in [0.25, 0.3) is 6.08 Å². The highest BCUT2D eigenvalue weighted by Gasteiger charge is 2.42. The topological polar surface area (TPSA) is 23.5 Å². The van der Waals surface area contributed by atoms with E-state index in [2.05, 4.69) is 11.0 Å². The molecule has 0 spiro atoms. The Labute approximate surface area is 172 Å². The van der Waals surface area contributed by atoms with Gasteiger partial charge in [-0.3, -0.25) is 0 Å². The summed E-state index contributed by atoms with van der Waals surface area (Å²) in [7, 11) is 4.03. The normalized spacial score (nSPS) is 24.5. The third-order valence-electron chi connectivity index (χ3n) is 5.71. The van der Waals surface area contributed by atoms with Gasteiger partial charge in [0.1, 0.15) is 5.82 Å². The zero-order chi connectivity index (χ0) is 20.1. The minimum atomic E-state index is -1.14. The Bertz CT molecular complexity index is 800. The zero-order valence-corrected chi connectivity index (χ0v) is 17.4. The van der Waals surface area contributed by atoms with Crippen molar-refractivity contribution in [2.75, 3.05) is 20.6 Å². The van der Waals surface area contributed by atoms with E-state index < -0.39 is 5.60 Å². The summed E-state index contributed by atoms with van der Waals surface area (Å²) in [6.45, 7) is 0.745. The number of halogens is 2. The molecule has 0 bridgehead atoms. The van der Waals surface area contributed by atoms with E-state index in [1.807, 2.05) is 44.4 Å². The number of nitrogens with zero attached hydrogens (tertiary/aromatic N) is 1. The standard InChI is InChI=1S/C24H29ClFNO/c1-27(2)17-20-12-7-6-11-19(15-18-9-4-3-5-10-18)24(20,28)16-21-22(25)13-8-14-23(21)26/h3-5,8-10,13-15,20,28H,6-7,11-12,16-17H2,1-2H3/b19-15-. The van der Waals surface area contributed by atoms with E-state index in [-0.39, 0.29) is 18.2 Å². The maximum Gasteiger partial charge on any atom is 0.128 e. The molecule has 0 saturated heterocycles. The van der Waals surface area contributed by atoms with E-state index >= 15 is 0 Å². The maximum atomic E-state index is 14.6. The van der Waals surface area contributed by atoms with E-state index in [1.54, 1.807) is 12.1 Å². The number of aliphatic hydroxyl groups is 1. The molecular weight excluding hydrogens is 373 g/mol. The molecule has 0 aromatic heterocycles. The summed E-state index contributed by atoms with van der Waals surface area (Å²) in [4.78, 5) is 2.10. The molecule has 2 atom stereocenters. The fourth-order valence-electron chi connectivity index (χ4n) is 4.28. The smallest absolute Gasteiger partial charge is 0.128 e. The van der Waals surface area contributed by atoms with Crippen molar-refractivity contribution in [2.24, 2.45) is 5.92 Å². The zero-order valence-electron chi connectivity index (χ0n) is 16.7. The van der Waals surface area contributed by atoms with Crippen molar-refractivity contribution in [3.8, 4) is 0 Å². The van der Waals surface area contributed by atoms with Crippen LogP contribution in [0.5, 0.6) is 0 Å². The minimum Gasteiger partial charge on any atom is -0.385 e. The van der Waals surface area contributed by atoms with Gasteiger partial charge in [0.05, 0.1) is 5.60 Å². The van der Waals surface area contributed by atoms with Crippen LogP contribution in [0.2, 0.25) is 5.02 Å². The van der Waals surface area contributed by atoms with Gasteiger partial charge in [-0.15, -0.1) is 0 Å². The Hall–Kier alpha value is -1.68. The molecule has 2 nitrogen and oxygen atoms in total. The highest BCUT2D eigenvalue weighted by molar-refractivity contribution is 6.31. The molecular formula is C24H29ClFNO. The van der Waals surface area contributed by atoms with Crippen molar-refractivity contribution < 1.29 is 9.50 Å². The highest BCUT2D eigenvalue weighted by Crippen LogP contribution is 2.41. The van der Waals surface area contributed by atoms with Crippen molar-refractivity contribution in [1.82, 2.24) is 4.90 Å². The Balaban J connectivity index is 2.08. The van der Waals surface area contributed by atoms with Crippen LogP contribution in [0.3, 0.4) is 0 Å². The van der Waals surface area contributed by atoms with Crippen LogP contribution in [-0.2, 0) is 6.42 Å². The monoisotopic (exact) mass is 401 g/mol. The molecule has 2 unspecified atom stereocenters. The van der Waals surface area contributed by atoms with Gasteiger partial charge in [-0.05, 0) is 56.6 Å². The van der Waals surface area contributed by atoms with Crippen LogP contribution in [0.15, 0.2) is 54.1 Å². The lowest BCUT2D eigenvalue weighted by Crippen LogP contribution is -2.46. The minimum absolute atomic E-state index is 0.00985. The van der Waals surface area contributed by atoms with Crippen molar-refractivity contribution in [3.63, 3.8) is 0 Å². The average Bonchev–Trinajstić information content (AvgIpc) is 2.79. The van der Waals surface area contributed by atoms with Gasteiger partial charge in [-0.2, -0.15) is 0 Å². The Kier molecular flexibility index (Phi) is 6.92. The first kappa shape index (κ1) is 21.0. The van der Waals surface area contributed by atoms with Crippen LogP contribution in [0.4, 0.5) is 4.39 Å². The molecule has 4 heteroatoms. The first-order chi connectivity index (χ1) is 13.4. The van der Waals surface area contributed by atoms with Crippen molar-refractivity contribution in [3.05, 3.63) is 76.1 Å². The quantitative estimate of drug-likeness (QED) is 0.660. The summed E-state index contributed by atoms with van der Waals surface area (Å²) in [5, 5.41) is 12.4. The van der Waals surface area contributed by atoms with Gasteiger partial charge >= 0.3 is 0 Å². The van der Waals surface area contributed by atoms with Gasteiger partial charge in [-0.1, -0.05) is 60.5 Å². The van der Waals surface area contributed by atoms with Crippen LogP contribution in [0.1, 0.15) is 36.8 Å². The summed E-state index contributed by atoms with van der Waals surface area (Å²) < 4.78 is 14.6. The number of rotatable bonds is 5. The van der Waals surface area contributed by atoms with Gasteiger partial charge < -0.3 is 10.0 Å². The Morgan fingerprint density at radius 3 is 2.57 bits per heavy atom. The lowest BCUT2D eigenvalue weighted by atomic mass is 9.74. The molecule has 0 amide bonds. The molecule has 1 fully saturated rings. The molecule has 0 aliphatic heterocycles. The Morgan fingerprint density at radius 1 is 1.14 bits per heavy atom. The molecule has 2 aromatic rings. The van der Waals surface area contributed by atoms with Gasteiger partial charge in [0, 0.05) is 29.5 Å².